The quantitative estimate of drug-likeness (QED) is 0.626. The van der Waals surface area contributed by atoms with Crippen LogP contribution in [0.2, 0.25) is 0 Å². The normalized spacial score (nSPS) is 11.1. The first-order valence-electron chi connectivity index (χ1n) is 8.48. The second-order valence-corrected chi connectivity index (χ2v) is 7.73. The van der Waals surface area contributed by atoms with Gasteiger partial charge in [-0.15, -0.1) is 0 Å². The zero-order valence-corrected chi connectivity index (χ0v) is 17.1. The number of carbonyl (C=O) groups excluding carboxylic acids is 2. The number of aryl methyl sites for hydroxylation is 1. The van der Waals surface area contributed by atoms with Crippen LogP contribution in [-0.2, 0) is 26.0 Å². The van der Waals surface area contributed by atoms with E-state index in [0.29, 0.717) is 0 Å². The monoisotopic (exact) mass is 423 g/mol. The predicted octanol–water partition coefficient (Wildman–Crippen LogP) is 1.19. The number of nitrogens with one attached hydrogen (secondary N) is 2. The van der Waals surface area contributed by atoms with Crippen LogP contribution in [0.4, 0.5) is 10.7 Å². The van der Waals surface area contributed by atoms with Crippen LogP contribution >= 0.6 is 0 Å². The second-order valence-electron chi connectivity index (χ2n) is 6.08. The Balaban J connectivity index is 2.18. The number of amides is 2. The van der Waals surface area contributed by atoms with Crippen LogP contribution in [-0.4, -0.2) is 48.6 Å². The van der Waals surface area contributed by atoms with Gasteiger partial charge in [0.2, 0.25) is 5.95 Å². The molecule has 1 heterocycles. The van der Waals surface area contributed by atoms with E-state index in [0.717, 1.165) is 0 Å². The lowest BCUT2D eigenvalue weighted by Gasteiger charge is -2.13. The number of carbonyl (C=O) groups is 2. The highest BCUT2D eigenvalue weighted by atomic mass is 32.2. The van der Waals surface area contributed by atoms with E-state index >= 15 is 0 Å². The third-order valence-electron chi connectivity index (χ3n) is 3.33. The Labute approximate surface area is 167 Å². The average Bonchev–Trinajstić information content (AvgIpc) is 2.60. The number of rotatable bonds is 7. The highest BCUT2D eigenvalue weighted by Crippen LogP contribution is 2.17. The van der Waals surface area contributed by atoms with Crippen molar-refractivity contribution in [2.75, 3.05) is 12.4 Å². The summed E-state index contributed by atoms with van der Waals surface area (Å²) in [5, 5.41) is 2.21. The third-order valence-corrected chi connectivity index (χ3v) is 4.76. The molecule has 12 heteroatoms. The van der Waals surface area contributed by atoms with Crippen LogP contribution in [0.5, 0.6) is 6.01 Å². The van der Waals surface area contributed by atoms with Crippen molar-refractivity contribution >= 4 is 28.0 Å². The smallest absolute Gasteiger partial charge is 0.335 e. The molecule has 156 valence electrons. The number of urea groups is 1. The molecule has 1 aromatic heterocycles. The summed E-state index contributed by atoms with van der Waals surface area (Å²) in [6, 6.07) is 4.68. The van der Waals surface area contributed by atoms with Crippen LogP contribution in [0.25, 0.3) is 0 Å². The van der Waals surface area contributed by atoms with Gasteiger partial charge in [0.25, 0.3) is 10.0 Å². The first-order chi connectivity index (χ1) is 13.6. The maximum absolute atomic E-state index is 12.6. The molecule has 11 nitrogen and oxygen atoms in total. The molecule has 29 heavy (non-hydrogen) atoms. The van der Waals surface area contributed by atoms with E-state index in [2.05, 4.69) is 20.3 Å². The minimum Gasteiger partial charge on any atom is -0.467 e. The molecule has 0 fully saturated rings. The van der Waals surface area contributed by atoms with Gasteiger partial charge in [0.1, 0.15) is 5.82 Å². The van der Waals surface area contributed by atoms with E-state index in [9.17, 15) is 18.0 Å². The van der Waals surface area contributed by atoms with Crippen molar-refractivity contribution in [2.45, 2.75) is 38.2 Å². The Morgan fingerprint density at radius 2 is 1.83 bits per heavy atom. The second kappa shape index (κ2) is 9.28. The summed E-state index contributed by atoms with van der Waals surface area (Å²) in [5.74, 6) is -0.500. The number of hydrogen-bond acceptors (Lipinski definition) is 9. The Morgan fingerprint density at radius 1 is 1.14 bits per heavy atom. The summed E-state index contributed by atoms with van der Waals surface area (Å²) in [6.45, 7) is 4.92. The van der Waals surface area contributed by atoms with E-state index in [4.69, 9.17) is 9.47 Å². The van der Waals surface area contributed by atoms with Gasteiger partial charge < -0.3 is 9.47 Å². The van der Waals surface area contributed by atoms with Gasteiger partial charge in [-0.2, -0.15) is 15.0 Å². The van der Waals surface area contributed by atoms with E-state index in [1.54, 1.807) is 26.8 Å². The van der Waals surface area contributed by atoms with Crippen LogP contribution in [0.3, 0.4) is 0 Å². The lowest BCUT2D eigenvalue weighted by atomic mass is 10.1. The molecule has 0 bridgehead atoms. The predicted molar refractivity (Wildman–Crippen MR) is 102 cm³/mol. The zero-order chi connectivity index (χ0) is 21.6. The summed E-state index contributed by atoms with van der Waals surface area (Å²) in [4.78, 5) is 35.4. The number of aromatic nitrogens is 3. The van der Waals surface area contributed by atoms with Gasteiger partial charge in [-0.1, -0.05) is 18.2 Å². The van der Waals surface area contributed by atoms with E-state index in [1.165, 1.54) is 25.3 Å². The lowest BCUT2D eigenvalue weighted by Crippen LogP contribution is -2.35. The first-order valence-corrected chi connectivity index (χ1v) is 9.97. The zero-order valence-electron chi connectivity index (χ0n) is 16.3. The molecule has 0 aliphatic carbocycles. The van der Waals surface area contributed by atoms with Crippen LogP contribution in [0, 0.1) is 6.92 Å². The maximum atomic E-state index is 12.6. The molecule has 0 aliphatic heterocycles. The molecular weight excluding hydrogens is 402 g/mol. The fraction of sp³-hybridized carbons (Fsp3) is 0.353. The third kappa shape index (κ3) is 6.38. The van der Waals surface area contributed by atoms with Crippen molar-refractivity contribution in [1.82, 2.24) is 19.7 Å². The van der Waals surface area contributed by atoms with Crippen molar-refractivity contribution in [3.63, 3.8) is 0 Å². The summed E-state index contributed by atoms with van der Waals surface area (Å²) >= 11 is 0. The van der Waals surface area contributed by atoms with Crippen LogP contribution in [0.1, 0.15) is 25.2 Å². The Bertz CT molecular complexity index is 1010. The summed E-state index contributed by atoms with van der Waals surface area (Å²) in [7, 11) is -2.94. The largest absolute Gasteiger partial charge is 0.467 e. The van der Waals surface area contributed by atoms with Crippen LogP contribution < -0.4 is 14.8 Å². The van der Waals surface area contributed by atoms with Crippen molar-refractivity contribution in [1.29, 1.82) is 0 Å². The number of anilines is 1. The number of sulfonamides is 1. The van der Waals surface area contributed by atoms with Gasteiger partial charge in [-0.25, -0.2) is 17.9 Å². The van der Waals surface area contributed by atoms with Crippen molar-refractivity contribution < 1.29 is 27.5 Å². The Kier molecular flexibility index (Phi) is 7.04. The van der Waals surface area contributed by atoms with E-state index < -0.39 is 22.0 Å². The molecule has 2 amide bonds. The van der Waals surface area contributed by atoms with E-state index in [1.807, 2.05) is 4.72 Å². The molecule has 0 aliphatic rings. The SMILES string of the molecule is COc1nc(C)nc(NC(=O)NS(=O)(=O)c2ccccc2CC(=O)OC(C)C)n1. The van der Waals surface area contributed by atoms with Crippen molar-refractivity contribution in [3.05, 3.63) is 35.7 Å². The Morgan fingerprint density at radius 3 is 2.48 bits per heavy atom. The lowest BCUT2D eigenvalue weighted by molar-refractivity contribution is -0.146. The molecule has 1 aromatic carbocycles. The molecule has 0 unspecified atom stereocenters. The minimum absolute atomic E-state index is 0.0373. The highest BCUT2D eigenvalue weighted by Gasteiger charge is 2.23. The molecule has 0 spiro atoms. The van der Waals surface area contributed by atoms with Gasteiger partial charge in [0.05, 0.1) is 24.5 Å². The number of ether oxygens (including phenoxy) is 2. The fourth-order valence-corrected chi connectivity index (χ4v) is 3.43. The molecule has 2 aromatic rings. The molecule has 0 atom stereocenters. The number of nitrogens with zero attached hydrogens (tertiary/aromatic N) is 3. The van der Waals surface area contributed by atoms with Crippen molar-refractivity contribution in [2.24, 2.45) is 0 Å². The first kappa shape index (κ1) is 22.0. The number of esters is 1. The number of methoxy groups -OCH3 is 1. The van der Waals surface area contributed by atoms with Gasteiger partial charge in [0.15, 0.2) is 0 Å². The highest BCUT2D eigenvalue weighted by molar-refractivity contribution is 7.90. The minimum atomic E-state index is -4.28. The van der Waals surface area contributed by atoms with Crippen molar-refractivity contribution in [3.8, 4) is 6.01 Å². The van der Waals surface area contributed by atoms with Gasteiger partial charge in [-0.3, -0.25) is 10.1 Å². The summed E-state index contributed by atoms with van der Waals surface area (Å²) in [5.41, 5.74) is 0.191. The fourth-order valence-electron chi connectivity index (χ4n) is 2.28. The van der Waals surface area contributed by atoms with Gasteiger partial charge >= 0.3 is 18.0 Å². The maximum Gasteiger partial charge on any atom is 0.335 e. The Hall–Kier alpha value is -3.28. The average molecular weight is 423 g/mol. The van der Waals surface area contributed by atoms with E-state index in [-0.39, 0.29) is 40.8 Å². The molecule has 0 saturated carbocycles. The molecule has 2 rings (SSSR count). The van der Waals surface area contributed by atoms with Gasteiger partial charge in [-0.05, 0) is 32.4 Å². The molecular formula is C17H21N5O6S. The molecule has 0 saturated heterocycles. The molecule has 2 N–H and O–H groups in total. The number of hydrogen-bond donors (Lipinski definition) is 2. The van der Waals surface area contributed by atoms with Gasteiger partial charge in [0, 0.05) is 0 Å². The number of benzene rings is 1. The molecule has 0 radical (unpaired) electrons. The standard InChI is InChI=1S/C17H21N5O6S/c1-10(2)28-14(23)9-12-7-5-6-8-13(12)29(25,26)22-16(24)20-15-18-11(3)19-17(21-15)27-4/h5-8,10H,9H2,1-4H3,(H2,18,19,20,21,22,24). The summed E-state index contributed by atoms with van der Waals surface area (Å²) < 4.78 is 37.1. The summed E-state index contributed by atoms with van der Waals surface area (Å²) in [6.07, 6.45) is -0.600. The topological polar surface area (TPSA) is 149 Å². The van der Waals surface area contributed by atoms with Crippen LogP contribution in [0.15, 0.2) is 29.2 Å².